The summed E-state index contributed by atoms with van der Waals surface area (Å²) >= 11 is 3.24. The van der Waals surface area contributed by atoms with Crippen molar-refractivity contribution in [3.05, 3.63) is 112 Å². The Balaban J connectivity index is 1.23. The van der Waals surface area contributed by atoms with Crippen LogP contribution in [0.3, 0.4) is 0 Å². The average Bonchev–Trinajstić information content (AvgIpc) is 3.21. The number of carbonyl (C=O) groups excluding carboxylic acids is 3. The van der Waals surface area contributed by atoms with E-state index in [0.717, 1.165) is 16.6 Å². The molecule has 5 rings (SSSR count). The number of fused-ring (bicyclic) bond motifs is 1. The molecule has 3 amide bonds. The van der Waals surface area contributed by atoms with Crippen molar-refractivity contribution in [2.45, 2.75) is 17.5 Å². The first-order valence-corrected chi connectivity index (χ1v) is 15.0. The second-order valence-electron chi connectivity index (χ2n) is 9.37. The molecule has 13 heteroatoms. The molecular weight excluding hydrogens is 653 g/mol. The number of carbonyl (C=O) groups is 3. The molecule has 0 radical (unpaired) electrons. The van der Waals surface area contributed by atoms with Crippen molar-refractivity contribution in [3.8, 4) is 11.5 Å². The van der Waals surface area contributed by atoms with Crippen LogP contribution in [0.1, 0.15) is 32.7 Å². The highest BCUT2D eigenvalue weighted by molar-refractivity contribution is 9.10. The van der Waals surface area contributed by atoms with E-state index in [1.165, 1.54) is 66.7 Å². The molecule has 0 saturated heterocycles. The van der Waals surface area contributed by atoms with E-state index in [1.54, 1.807) is 12.1 Å². The summed E-state index contributed by atoms with van der Waals surface area (Å²) < 4.78 is 72.0. The van der Waals surface area contributed by atoms with Crippen LogP contribution in [-0.4, -0.2) is 31.9 Å². The Hall–Kier alpha value is -4.49. The van der Waals surface area contributed by atoms with Gasteiger partial charge < -0.3 is 10.1 Å². The largest absolute Gasteiger partial charge is 0.457 e. The lowest BCUT2D eigenvalue weighted by atomic mass is 10.1. The maximum Gasteiger partial charge on any atom is 0.418 e. The molecule has 0 unspecified atom stereocenters. The first-order valence-electron chi connectivity index (χ1n) is 12.6. The first kappa shape index (κ1) is 30.0. The van der Waals surface area contributed by atoms with Crippen LogP contribution in [0.4, 0.5) is 24.5 Å². The highest BCUT2D eigenvalue weighted by Crippen LogP contribution is 2.40. The van der Waals surface area contributed by atoms with Crippen LogP contribution in [0.2, 0.25) is 0 Å². The number of anilines is 2. The third-order valence-electron chi connectivity index (χ3n) is 6.45. The van der Waals surface area contributed by atoms with Crippen LogP contribution in [-0.2, 0) is 20.8 Å². The third-order valence-corrected chi connectivity index (χ3v) is 8.71. The van der Waals surface area contributed by atoms with Gasteiger partial charge in [-0.2, -0.15) is 13.2 Å². The molecule has 0 saturated carbocycles. The molecule has 1 heterocycles. The summed E-state index contributed by atoms with van der Waals surface area (Å²) in [5.74, 6) is -2.23. The van der Waals surface area contributed by atoms with Gasteiger partial charge in [-0.25, -0.2) is 13.3 Å². The fraction of sp³-hybridized carbons (Fsp3) is 0.100. The van der Waals surface area contributed by atoms with Crippen LogP contribution in [0.15, 0.2) is 100 Å². The zero-order valence-electron chi connectivity index (χ0n) is 21.9. The second-order valence-corrected chi connectivity index (χ2v) is 12.4. The molecule has 0 aromatic heterocycles. The van der Waals surface area contributed by atoms with Crippen molar-refractivity contribution in [3.63, 3.8) is 0 Å². The molecule has 0 spiro atoms. The number of alkyl halides is 3. The van der Waals surface area contributed by atoms with Gasteiger partial charge in [0.15, 0.2) is 9.84 Å². The number of hydrogen-bond acceptors (Lipinski definition) is 6. The lowest BCUT2D eigenvalue weighted by Crippen LogP contribution is -2.31. The van der Waals surface area contributed by atoms with Crippen LogP contribution in [0.25, 0.3) is 0 Å². The summed E-state index contributed by atoms with van der Waals surface area (Å²) in [4.78, 5) is 38.9. The number of rotatable bonds is 8. The van der Waals surface area contributed by atoms with Gasteiger partial charge in [0.05, 0.1) is 33.0 Å². The normalized spacial score (nSPS) is 13.2. The Kier molecular flexibility index (Phi) is 8.12. The van der Waals surface area contributed by atoms with E-state index >= 15 is 0 Å². The monoisotopic (exact) mass is 672 g/mol. The Morgan fingerprint density at radius 1 is 0.837 bits per heavy atom. The topological polar surface area (TPSA) is 110 Å². The van der Waals surface area contributed by atoms with Crippen molar-refractivity contribution in [2.24, 2.45) is 0 Å². The molecule has 8 nitrogen and oxygen atoms in total. The predicted octanol–water partition coefficient (Wildman–Crippen LogP) is 6.86. The number of ether oxygens (including phenoxy) is 1. The van der Waals surface area contributed by atoms with E-state index in [4.69, 9.17) is 4.74 Å². The maximum absolute atomic E-state index is 13.5. The Morgan fingerprint density at radius 2 is 1.47 bits per heavy atom. The van der Waals surface area contributed by atoms with Gasteiger partial charge in [0, 0.05) is 16.6 Å². The number of nitrogens with one attached hydrogen (secondary N) is 1. The zero-order valence-corrected chi connectivity index (χ0v) is 24.3. The van der Waals surface area contributed by atoms with Crippen molar-refractivity contribution in [1.29, 1.82) is 0 Å². The van der Waals surface area contributed by atoms with Gasteiger partial charge in [0.25, 0.3) is 11.8 Å². The smallest absolute Gasteiger partial charge is 0.418 e. The molecule has 0 fully saturated rings. The minimum Gasteiger partial charge on any atom is -0.457 e. The lowest BCUT2D eigenvalue weighted by molar-refractivity contribution is -0.137. The summed E-state index contributed by atoms with van der Waals surface area (Å²) in [6.45, 7) is 0. The summed E-state index contributed by atoms with van der Waals surface area (Å²) in [5, 5.41) is 2.61. The quantitative estimate of drug-likeness (QED) is 0.205. The summed E-state index contributed by atoms with van der Waals surface area (Å²) in [6.07, 6.45) is -5.04. The third kappa shape index (κ3) is 6.47. The van der Waals surface area contributed by atoms with E-state index in [2.05, 4.69) is 21.2 Å². The number of para-hydroxylation sites is 1. The number of amides is 3. The number of hydrogen-bond donors (Lipinski definition) is 1. The van der Waals surface area contributed by atoms with Gasteiger partial charge in [-0.15, -0.1) is 0 Å². The fourth-order valence-electron chi connectivity index (χ4n) is 4.36. The molecule has 1 N–H and O–H groups in total. The highest BCUT2D eigenvalue weighted by atomic mass is 79.9. The number of nitrogens with zero attached hydrogens (tertiary/aromatic N) is 1. The second kappa shape index (κ2) is 11.7. The number of benzene rings is 4. The number of halogens is 4. The molecule has 0 aliphatic carbocycles. The van der Waals surface area contributed by atoms with E-state index in [0.29, 0.717) is 16.3 Å². The highest BCUT2D eigenvalue weighted by Gasteiger charge is 2.42. The van der Waals surface area contributed by atoms with Crippen molar-refractivity contribution >= 4 is 54.9 Å². The Morgan fingerprint density at radius 3 is 2.14 bits per heavy atom. The molecule has 43 heavy (non-hydrogen) atoms. The van der Waals surface area contributed by atoms with Gasteiger partial charge in [-0.05, 0) is 78.9 Å². The van der Waals surface area contributed by atoms with Crippen molar-refractivity contribution < 1.29 is 40.7 Å². The molecule has 220 valence electrons. The van der Waals surface area contributed by atoms with Gasteiger partial charge in [-0.1, -0.05) is 28.1 Å². The minimum absolute atomic E-state index is 0.0606. The fourth-order valence-corrected chi connectivity index (χ4v) is 5.87. The van der Waals surface area contributed by atoms with Gasteiger partial charge >= 0.3 is 6.18 Å². The molecule has 4 aromatic carbocycles. The first-order chi connectivity index (χ1) is 20.3. The summed E-state index contributed by atoms with van der Waals surface area (Å²) in [5.41, 5.74) is -1.46. The molecule has 0 bridgehead atoms. The number of sulfone groups is 1. The lowest BCUT2D eigenvalue weighted by Gasteiger charge is -2.19. The average molecular weight is 673 g/mol. The number of imide groups is 1. The van der Waals surface area contributed by atoms with E-state index in [9.17, 15) is 36.0 Å². The Labute approximate surface area is 252 Å². The standard InChI is InChI=1S/C30H20BrF3N2O6S/c31-18-5-12-22(13-6-18)43(40,41)16-15-27(37)35-19-7-9-20(10-8-19)42-21-11-14-23-24(17-21)29(39)36(28(23)38)26-4-2-1-3-25(26)30(32,33)34/h1-14,17H,15-16H2,(H,35,37). The maximum atomic E-state index is 13.5. The van der Waals surface area contributed by atoms with Gasteiger partial charge in [0.1, 0.15) is 11.5 Å². The predicted molar refractivity (Wildman–Crippen MR) is 155 cm³/mol. The SMILES string of the molecule is O=C(CCS(=O)(=O)c1ccc(Br)cc1)Nc1ccc(Oc2ccc3c(c2)C(=O)N(c2ccccc2C(F)(F)F)C3=O)cc1. The van der Waals surface area contributed by atoms with E-state index < -0.39 is 45.0 Å². The van der Waals surface area contributed by atoms with Crippen LogP contribution in [0, 0.1) is 0 Å². The van der Waals surface area contributed by atoms with Crippen LogP contribution >= 0.6 is 15.9 Å². The molecule has 0 atom stereocenters. The minimum atomic E-state index is -4.77. The van der Waals surface area contributed by atoms with Crippen LogP contribution < -0.4 is 15.0 Å². The van der Waals surface area contributed by atoms with Crippen molar-refractivity contribution in [2.75, 3.05) is 16.0 Å². The van der Waals surface area contributed by atoms with E-state index in [1.807, 2.05) is 0 Å². The van der Waals surface area contributed by atoms with Crippen molar-refractivity contribution in [1.82, 2.24) is 0 Å². The molecular formula is C30H20BrF3N2O6S. The van der Waals surface area contributed by atoms with E-state index in [-0.39, 0.29) is 33.9 Å². The zero-order chi connectivity index (χ0) is 30.9. The van der Waals surface area contributed by atoms with Gasteiger partial charge in [-0.3, -0.25) is 14.4 Å². The Bertz CT molecular complexity index is 1840. The molecule has 1 aliphatic rings. The van der Waals surface area contributed by atoms with Gasteiger partial charge in [0.2, 0.25) is 5.91 Å². The van der Waals surface area contributed by atoms with Crippen LogP contribution in [0.5, 0.6) is 11.5 Å². The summed E-state index contributed by atoms with van der Waals surface area (Å²) in [7, 11) is -3.65. The molecule has 4 aromatic rings. The molecule has 1 aliphatic heterocycles. The summed E-state index contributed by atoms with van der Waals surface area (Å²) in [6, 6.07) is 20.5.